The van der Waals surface area contributed by atoms with Crippen molar-refractivity contribution < 1.29 is 13.9 Å². The van der Waals surface area contributed by atoms with E-state index in [2.05, 4.69) is 4.98 Å². The molecular formula is C13H18FNO2. The maximum absolute atomic E-state index is 13.7. The third kappa shape index (κ3) is 2.07. The summed E-state index contributed by atoms with van der Waals surface area (Å²) in [5, 5.41) is 0. The lowest BCUT2D eigenvalue weighted by atomic mass is 9.90. The monoisotopic (exact) mass is 239 g/mol. The van der Waals surface area contributed by atoms with Gasteiger partial charge in [0.15, 0.2) is 6.29 Å². The lowest BCUT2D eigenvalue weighted by Gasteiger charge is -2.30. The van der Waals surface area contributed by atoms with Crippen LogP contribution in [0.15, 0.2) is 12.3 Å². The molecule has 1 aliphatic rings. The van der Waals surface area contributed by atoms with Crippen molar-refractivity contribution >= 4 is 0 Å². The van der Waals surface area contributed by atoms with Crippen LogP contribution in [0, 0.1) is 12.9 Å². The number of aryl methyl sites for hydroxylation is 1. The summed E-state index contributed by atoms with van der Waals surface area (Å²) in [4.78, 5) is 3.69. The van der Waals surface area contributed by atoms with Gasteiger partial charge in [-0.05, 0) is 46.2 Å². The van der Waals surface area contributed by atoms with Crippen molar-refractivity contribution in [2.24, 2.45) is 0 Å². The number of ether oxygens (including phenoxy) is 2. The lowest BCUT2D eigenvalue weighted by molar-refractivity contribution is -0.0919. The van der Waals surface area contributed by atoms with Crippen LogP contribution in [0.25, 0.3) is 0 Å². The fourth-order valence-corrected chi connectivity index (χ4v) is 1.71. The van der Waals surface area contributed by atoms with E-state index in [9.17, 15) is 4.39 Å². The molecule has 4 heteroatoms. The molecule has 1 saturated heterocycles. The van der Waals surface area contributed by atoms with Gasteiger partial charge in [-0.3, -0.25) is 0 Å². The summed E-state index contributed by atoms with van der Waals surface area (Å²) in [7, 11) is 0. The summed E-state index contributed by atoms with van der Waals surface area (Å²) >= 11 is 0. The van der Waals surface area contributed by atoms with Crippen molar-refractivity contribution in [1.82, 2.24) is 4.98 Å². The summed E-state index contributed by atoms with van der Waals surface area (Å²) in [6, 6.07) is 1.71. The van der Waals surface area contributed by atoms with Gasteiger partial charge < -0.3 is 9.47 Å². The average Bonchev–Trinajstić information content (AvgIpc) is 2.40. The van der Waals surface area contributed by atoms with Gasteiger partial charge >= 0.3 is 0 Å². The van der Waals surface area contributed by atoms with Crippen LogP contribution < -0.4 is 0 Å². The van der Waals surface area contributed by atoms with Gasteiger partial charge in [0.2, 0.25) is 5.95 Å². The molecule has 2 heterocycles. The molecule has 0 aliphatic carbocycles. The van der Waals surface area contributed by atoms with Crippen molar-refractivity contribution in [2.45, 2.75) is 52.1 Å². The fraction of sp³-hybridized carbons (Fsp3) is 0.615. The van der Waals surface area contributed by atoms with Crippen LogP contribution in [0.1, 0.15) is 45.1 Å². The van der Waals surface area contributed by atoms with Gasteiger partial charge in [0, 0.05) is 6.20 Å². The molecule has 1 aromatic rings. The van der Waals surface area contributed by atoms with E-state index in [1.54, 1.807) is 6.07 Å². The Hall–Kier alpha value is -1.00. The average molecular weight is 239 g/mol. The highest BCUT2D eigenvalue weighted by atomic mass is 19.1. The van der Waals surface area contributed by atoms with E-state index in [4.69, 9.17) is 9.47 Å². The van der Waals surface area contributed by atoms with Crippen LogP contribution in [0.4, 0.5) is 4.39 Å². The minimum atomic E-state index is -0.688. The fourth-order valence-electron chi connectivity index (χ4n) is 1.71. The maximum atomic E-state index is 13.7. The highest BCUT2D eigenvalue weighted by Gasteiger charge is 2.50. The molecule has 0 atom stereocenters. The molecule has 0 spiro atoms. The highest BCUT2D eigenvalue weighted by molar-refractivity contribution is 5.20. The first-order valence-electron chi connectivity index (χ1n) is 5.71. The SMILES string of the molecule is Cc1cnc(F)c(C2OC(C)(C)C(C)(C)O2)c1. The standard InChI is InChI=1S/C13H18FNO2/c1-8-6-9(10(14)15-7-8)11-16-12(2,3)13(4,5)17-11/h6-7,11H,1-5H3. The molecule has 0 N–H and O–H groups in total. The molecule has 0 amide bonds. The Morgan fingerprint density at radius 3 is 2.24 bits per heavy atom. The summed E-state index contributed by atoms with van der Waals surface area (Å²) < 4.78 is 25.2. The van der Waals surface area contributed by atoms with Gasteiger partial charge in [-0.2, -0.15) is 4.39 Å². The zero-order valence-corrected chi connectivity index (χ0v) is 10.9. The number of rotatable bonds is 1. The van der Waals surface area contributed by atoms with Gasteiger partial charge in [-0.25, -0.2) is 4.98 Å². The molecule has 2 rings (SSSR count). The van der Waals surface area contributed by atoms with Gasteiger partial charge in [0.1, 0.15) is 0 Å². The van der Waals surface area contributed by atoms with Crippen LogP contribution in [0.2, 0.25) is 0 Å². The number of halogens is 1. The quantitative estimate of drug-likeness (QED) is 0.705. The minimum Gasteiger partial charge on any atom is -0.339 e. The zero-order valence-electron chi connectivity index (χ0n) is 10.9. The minimum absolute atomic E-state index is 0.364. The Labute approximate surface area is 101 Å². The van der Waals surface area contributed by atoms with E-state index >= 15 is 0 Å². The molecular weight excluding hydrogens is 221 g/mol. The van der Waals surface area contributed by atoms with Crippen LogP contribution in [-0.4, -0.2) is 16.2 Å². The van der Waals surface area contributed by atoms with Gasteiger partial charge in [-0.1, -0.05) is 0 Å². The first kappa shape index (κ1) is 12.5. The van der Waals surface area contributed by atoms with Crippen LogP contribution >= 0.6 is 0 Å². The molecule has 17 heavy (non-hydrogen) atoms. The summed E-state index contributed by atoms with van der Waals surface area (Å²) in [6.07, 6.45) is 0.803. The number of aromatic nitrogens is 1. The van der Waals surface area contributed by atoms with Crippen molar-refractivity contribution in [3.63, 3.8) is 0 Å². The number of hydrogen-bond donors (Lipinski definition) is 0. The first-order chi connectivity index (χ1) is 7.73. The van der Waals surface area contributed by atoms with Crippen molar-refractivity contribution in [3.05, 3.63) is 29.3 Å². The molecule has 1 fully saturated rings. The Balaban J connectivity index is 2.35. The van der Waals surface area contributed by atoms with Crippen LogP contribution in [-0.2, 0) is 9.47 Å². The normalized spacial score (nSPS) is 22.9. The summed E-state index contributed by atoms with van der Waals surface area (Å²) in [5.74, 6) is -0.533. The molecule has 3 nitrogen and oxygen atoms in total. The Kier molecular flexibility index (Phi) is 2.75. The third-order valence-electron chi connectivity index (χ3n) is 3.51. The molecule has 0 unspecified atom stereocenters. The Bertz CT molecular complexity index is 427. The largest absolute Gasteiger partial charge is 0.339 e. The van der Waals surface area contributed by atoms with E-state index in [1.165, 1.54) is 6.20 Å². The molecule has 0 saturated carbocycles. The first-order valence-corrected chi connectivity index (χ1v) is 5.71. The van der Waals surface area contributed by atoms with E-state index in [0.717, 1.165) is 5.56 Å². The van der Waals surface area contributed by atoms with Crippen molar-refractivity contribution in [3.8, 4) is 0 Å². The molecule has 0 aromatic carbocycles. The molecule has 1 aliphatic heterocycles. The predicted octanol–water partition coefficient (Wildman–Crippen LogP) is 3.13. The maximum Gasteiger partial charge on any atom is 0.221 e. The number of pyridine rings is 1. The van der Waals surface area contributed by atoms with E-state index < -0.39 is 23.4 Å². The van der Waals surface area contributed by atoms with E-state index in [1.807, 2.05) is 34.6 Å². The second-order valence-corrected chi connectivity index (χ2v) is 5.48. The molecule has 0 radical (unpaired) electrons. The number of nitrogens with zero attached hydrogens (tertiary/aromatic N) is 1. The topological polar surface area (TPSA) is 31.4 Å². The van der Waals surface area contributed by atoms with E-state index in [0.29, 0.717) is 5.56 Å². The summed E-state index contributed by atoms with van der Waals surface area (Å²) in [5.41, 5.74) is 0.321. The van der Waals surface area contributed by atoms with Crippen molar-refractivity contribution in [2.75, 3.05) is 0 Å². The van der Waals surface area contributed by atoms with Crippen LogP contribution in [0.3, 0.4) is 0 Å². The lowest BCUT2D eigenvalue weighted by Crippen LogP contribution is -2.41. The molecule has 0 bridgehead atoms. The van der Waals surface area contributed by atoms with Crippen LogP contribution in [0.5, 0.6) is 0 Å². The van der Waals surface area contributed by atoms with Gasteiger partial charge in [0.25, 0.3) is 0 Å². The van der Waals surface area contributed by atoms with Gasteiger partial charge in [0.05, 0.1) is 16.8 Å². The summed E-state index contributed by atoms with van der Waals surface area (Å²) in [6.45, 7) is 9.62. The Morgan fingerprint density at radius 1 is 1.18 bits per heavy atom. The molecule has 94 valence electrons. The van der Waals surface area contributed by atoms with Crippen molar-refractivity contribution in [1.29, 1.82) is 0 Å². The third-order valence-corrected chi connectivity index (χ3v) is 3.51. The zero-order chi connectivity index (χ0) is 12.8. The van der Waals surface area contributed by atoms with E-state index in [-0.39, 0.29) is 0 Å². The smallest absolute Gasteiger partial charge is 0.221 e. The highest BCUT2D eigenvalue weighted by Crippen LogP contribution is 2.45. The predicted molar refractivity (Wildman–Crippen MR) is 62.0 cm³/mol. The second-order valence-electron chi connectivity index (χ2n) is 5.48. The Morgan fingerprint density at radius 2 is 1.71 bits per heavy atom. The number of hydrogen-bond acceptors (Lipinski definition) is 3. The van der Waals surface area contributed by atoms with Gasteiger partial charge in [-0.15, -0.1) is 0 Å². The second kappa shape index (κ2) is 3.75. The molecule has 1 aromatic heterocycles.